The lowest BCUT2D eigenvalue weighted by Gasteiger charge is -2.16. The van der Waals surface area contributed by atoms with Gasteiger partial charge in [0, 0.05) is 30.5 Å². The van der Waals surface area contributed by atoms with Gasteiger partial charge in [0.2, 0.25) is 0 Å². The highest BCUT2D eigenvalue weighted by Crippen LogP contribution is 2.36. The zero-order valence-corrected chi connectivity index (χ0v) is 18.8. The number of ether oxygens (including phenoxy) is 1. The number of aromatic nitrogens is 3. The molecule has 180 valence electrons. The van der Waals surface area contributed by atoms with E-state index in [4.69, 9.17) is 22.2 Å². The minimum atomic E-state index is -5.09. The van der Waals surface area contributed by atoms with Crippen molar-refractivity contribution in [1.82, 2.24) is 14.2 Å². The third kappa shape index (κ3) is 5.42. The number of Topliss-reactive ketones (excluding diaryl/α,β-unsaturated/α-hetero) is 1. The van der Waals surface area contributed by atoms with Gasteiger partial charge in [-0.2, -0.15) is 13.2 Å². The van der Waals surface area contributed by atoms with Crippen molar-refractivity contribution in [3.8, 4) is 17.2 Å². The van der Waals surface area contributed by atoms with Crippen molar-refractivity contribution in [2.45, 2.75) is 24.5 Å². The van der Waals surface area contributed by atoms with E-state index in [1.54, 1.807) is 0 Å². The Balaban J connectivity index is 2.07. The molecule has 2 heterocycles. The number of thioether (sulfide) groups is 1. The lowest BCUT2D eigenvalue weighted by molar-refractivity contribution is -0.143. The quantitative estimate of drug-likeness (QED) is 0.288. The second kappa shape index (κ2) is 9.89. The Morgan fingerprint density at radius 2 is 1.94 bits per heavy atom. The maximum Gasteiger partial charge on any atom is 0.433 e. The summed E-state index contributed by atoms with van der Waals surface area (Å²) in [5, 5.41) is 0.125. The first-order valence-corrected chi connectivity index (χ1v) is 10.7. The summed E-state index contributed by atoms with van der Waals surface area (Å²) >= 11 is 7.26. The van der Waals surface area contributed by atoms with Crippen molar-refractivity contribution >= 4 is 29.1 Å². The molecular weight excluding hydrogens is 504 g/mol. The first-order valence-electron chi connectivity index (χ1n) is 9.36. The van der Waals surface area contributed by atoms with Crippen molar-refractivity contribution in [2.75, 3.05) is 11.6 Å². The standard InChI is InChI=1S/C20H15ClF4N4O4S/c1-10(30)4-6-34-18-14(3-2-5-27-18)33-15-8-13(12(22)7-11(15)21)28-17(31)9-16(20(23,24)25)29(26)19(28)32/h2-3,5,7-9H,4,6,26H2,1H3. The van der Waals surface area contributed by atoms with Crippen LogP contribution in [0.5, 0.6) is 11.5 Å². The molecule has 0 bridgehead atoms. The average molecular weight is 519 g/mol. The summed E-state index contributed by atoms with van der Waals surface area (Å²) in [5.41, 5.74) is -5.52. The van der Waals surface area contributed by atoms with Gasteiger partial charge in [0.05, 0.1) is 10.7 Å². The SMILES string of the molecule is CC(=O)CCSc1ncccc1Oc1cc(-n2c(=O)cc(C(F)(F)F)n(N)c2=O)c(F)cc1Cl. The summed E-state index contributed by atoms with van der Waals surface area (Å²) in [6.07, 6.45) is -3.33. The van der Waals surface area contributed by atoms with Crippen LogP contribution in [0.4, 0.5) is 17.6 Å². The molecule has 14 heteroatoms. The predicted octanol–water partition coefficient (Wildman–Crippen LogP) is 3.78. The summed E-state index contributed by atoms with van der Waals surface area (Å²) in [6.45, 7) is 1.44. The Kier molecular flexibility index (Phi) is 7.36. The number of rotatable bonds is 7. The molecule has 0 spiro atoms. The predicted molar refractivity (Wildman–Crippen MR) is 117 cm³/mol. The van der Waals surface area contributed by atoms with Gasteiger partial charge in [0.25, 0.3) is 5.56 Å². The lowest BCUT2D eigenvalue weighted by atomic mass is 10.2. The maximum atomic E-state index is 14.6. The highest BCUT2D eigenvalue weighted by Gasteiger charge is 2.36. The smallest absolute Gasteiger partial charge is 0.433 e. The third-order valence-corrected chi connectivity index (χ3v) is 5.60. The minimum absolute atomic E-state index is 0.0235. The number of nitrogens with zero attached hydrogens (tertiary/aromatic N) is 3. The van der Waals surface area contributed by atoms with Gasteiger partial charge in [0.1, 0.15) is 22.4 Å². The fourth-order valence-electron chi connectivity index (χ4n) is 2.74. The Bertz CT molecular complexity index is 1370. The largest absolute Gasteiger partial charge is 0.453 e. The Hall–Kier alpha value is -3.32. The lowest BCUT2D eigenvalue weighted by Crippen LogP contribution is -2.45. The number of nitrogens with two attached hydrogens (primary N) is 1. The van der Waals surface area contributed by atoms with Crippen molar-refractivity contribution in [1.29, 1.82) is 0 Å². The Labute approximate surface area is 197 Å². The zero-order valence-electron chi connectivity index (χ0n) is 17.2. The number of halogens is 5. The van der Waals surface area contributed by atoms with Crippen LogP contribution in [-0.2, 0) is 11.0 Å². The zero-order chi connectivity index (χ0) is 25.2. The highest BCUT2D eigenvalue weighted by atomic mass is 35.5. The van der Waals surface area contributed by atoms with Crippen LogP contribution in [0.25, 0.3) is 5.69 Å². The molecule has 0 atom stereocenters. The molecule has 34 heavy (non-hydrogen) atoms. The summed E-state index contributed by atoms with van der Waals surface area (Å²) in [6, 6.07) is 4.73. The van der Waals surface area contributed by atoms with Crippen molar-refractivity contribution < 1.29 is 27.1 Å². The van der Waals surface area contributed by atoms with Gasteiger partial charge in [-0.05, 0) is 25.1 Å². The number of hydrogen-bond donors (Lipinski definition) is 1. The van der Waals surface area contributed by atoms with E-state index in [9.17, 15) is 31.9 Å². The molecule has 1 aromatic carbocycles. The van der Waals surface area contributed by atoms with Crippen LogP contribution in [0.1, 0.15) is 19.0 Å². The van der Waals surface area contributed by atoms with Crippen molar-refractivity contribution in [3.05, 3.63) is 73.9 Å². The summed E-state index contributed by atoms with van der Waals surface area (Å²) < 4.78 is 59.2. The molecule has 0 unspecified atom stereocenters. The van der Waals surface area contributed by atoms with Gasteiger partial charge < -0.3 is 10.6 Å². The van der Waals surface area contributed by atoms with Crippen LogP contribution in [0.15, 0.2) is 51.1 Å². The average Bonchev–Trinajstić information content (AvgIpc) is 2.74. The summed E-state index contributed by atoms with van der Waals surface area (Å²) in [7, 11) is 0. The normalized spacial score (nSPS) is 11.5. The molecule has 0 saturated heterocycles. The molecule has 0 aliphatic carbocycles. The van der Waals surface area contributed by atoms with Crippen LogP contribution < -0.4 is 21.8 Å². The maximum absolute atomic E-state index is 14.6. The van der Waals surface area contributed by atoms with Crippen LogP contribution in [-0.4, -0.2) is 25.8 Å². The van der Waals surface area contributed by atoms with Crippen molar-refractivity contribution in [2.24, 2.45) is 0 Å². The van der Waals surface area contributed by atoms with E-state index in [0.29, 0.717) is 10.8 Å². The molecule has 8 nitrogen and oxygen atoms in total. The molecule has 3 aromatic rings. The van der Waals surface area contributed by atoms with E-state index in [2.05, 4.69) is 4.98 Å². The van der Waals surface area contributed by atoms with Gasteiger partial charge in [-0.15, -0.1) is 11.8 Å². The molecule has 2 N–H and O–H groups in total. The molecular formula is C20H15ClF4N4O4S. The fourth-order valence-corrected chi connectivity index (χ4v) is 3.90. The van der Waals surface area contributed by atoms with E-state index < -0.39 is 34.6 Å². The number of carbonyl (C=O) groups is 1. The van der Waals surface area contributed by atoms with E-state index in [1.165, 1.54) is 37.0 Å². The Morgan fingerprint density at radius 1 is 1.24 bits per heavy atom. The van der Waals surface area contributed by atoms with Gasteiger partial charge in [-0.1, -0.05) is 11.6 Å². The van der Waals surface area contributed by atoms with Gasteiger partial charge in [0.15, 0.2) is 11.4 Å². The third-order valence-electron chi connectivity index (χ3n) is 4.32. The number of hydrogen-bond acceptors (Lipinski definition) is 7. The first kappa shape index (κ1) is 25.3. The monoisotopic (exact) mass is 518 g/mol. The Morgan fingerprint density at radius 3 is 2.59 bits per heavy atom. The number of nitrogen functional groups attached to an aromatic ring is 1. The molecule has 0 aliphatic heterocycles. The minimum Gasteiger partial charge on any atom is -0.453 e. The molecule has 0 saturated carbocycles. The molecule has 0 aliphatic rings. The molecule has 0 fully saturated rings. The second-order valence-corrected chi connectivity index (χ2v) is 8.29. The second-order valence-electron chi connectivity index (χ2n) is 6.80. The van der Waals surface area contributed by atoms with E-state index in [1.807, 2.05) is 0 Å². The fraction of sp³-hybridized carbons (Fsp3) is 0.200. The first-order chi connectivity index (χ1) is 15.9. The number of ketones is 1. The van der Waals surface area contributed by atoms with E-state index >= 15 is 0 Å². The van der Waals surface area contributed by atoms with Crippen LogP contribution in [0.2, 0.25) is 5.02 Å². The number of benzene rings is 1. The van der Waals surface area contributed by atoms with Crippen molar-refractivity contribution in [3.63, 3.8) is 0 Å². The van der Waals surface area contributed by atoms with Crippen LogP contribution >= 0.6 is 23.4 Å². The van der Waals surface area contributed by atoms with E-state index in [0.717, 1.165) is 12.1 Å². The molecule has 0 radical (unpaired) electrons. The van der Waals surface area contributed by atoms with Crippen LogP contribution in [0, 0.1) is 5.82 Å². The molecule has 2 aromatic heterocycles. The summed E-state index contributed by atoms with van der Waals surface area (Å²) in [4.78, 5) is 40.0. The molecule has 0 amide bonds. The van der Waals surface area contributed by atoms with Gasteiger partial charge in [-0.3, -0.25) is 9.59 Å². The van der Waals surface area contributed by atoms with E-state index in [-0.39, 0.29) is 44.0 Å². The number of alkyl halides is 3. The van der Waals surface area contributed by atoms with Crippen LogP contribution in [0.3, 0.4) is 0 Å². The topological polar surface area (TPSA) is 109 Å². The summed E-state index contributed by atoms with van der Waals surface area (Å²) in [5.74, 6) is 4.37. The highest BCUT2D eigenvalue weighted by molar-refractivity contribution is 7.99. The van der Waals surface area contributed by atoms with Gasteiger partial charge >= 0.3 is 11.9 Å². The number of carbonyl (C=O) groups excluding carboxylic acids is 1. The van der Waals surface area contributed by atoms with Gasteiger partial charge in [-0.25, -0.2) is 23.4 Å². The number of pyridine rings is 1. The molecule has 3 rings (SSSR count).